The molecule has 0 atom stereocenters. The highest BCUT2D eigenvalue weighted by Gasteiger charge is 2.33. The zero-order valence-electron chi connectivity index (χ0n) is 18.5. The summed E-state index contributed by atoms with van der Waals surface area (Å²) in [6, 6.07) is 7.31. The molecule has 6 nitrogen and oxygen atoms in total. The lowest BCUT2D eigenvalue weighted by molar-refractivity contribution is -0.142. The molecule has 4 aromatic rings. The average molecular weight is 435 g/mol. The summed E-state index contributed by atoms with van der Waals surface area (Å²) in [6.07, 6.45) is 4.75. The summed E-state index contributed by atoms with van der Waals surface area (Å²) in [5.74, 6) is -0.749. The van der Waals surface area contributed by atoms with E-state index in [1.54, 1.807) is 13.1 Å². The van der Waals surface area contributed by atoms with Crippen molar-refractivity contribution in [3.05, 3.63) is 53.1 Å². The van der Waals surface area contributed by atoms with E-state index in [1.807, 2.05) is 12.1 Å². The number of aryl methyl sites for hydroxylation is 1. The van der Waals surface area contributed by atoms with E-state index >= 15 is 0 Å². The maximum Gasteiger partial charge on any atom is 0.306 e. The summed E-state index contributed by atoms with van der Waals surface area (Å²) in [7, 11) is 0. The van der Waals surface area contributed by atoms with Gasteiger partial charge in [0, 0.05) is 22.3 Å². The second kappa shape index (κ2) is 7.73. The molecule has 1 fully saturated rings. The number of aromatic amines is 1. The van der Waals surface area contributed by atoms with Gasteiger partial charge in [-0.25, -0.2) is 9.37 Å². The number of carbonyl (C=O) groups is 1. The largest absolute Gasteiger partial charge is 0.481 e. The minimum atomic E-state index is -0.700. The Balaban J connectivity index is 1.78. The van der Waals surface area contributed by atoms with Gasteiger partial charge in [-0.05, 0) is 74.3 Å². The van der Waals surface area contributed by atoms with Crippen molar-refractivity contribution in [1.82, 2.24) is 19.7 Å². The van der Waals surface area contributed by atoms with E-state index in [1.165, 1.54) is 11.6 Å². The summed E-state index contributed by atoms with van der Waals surface area (Å²) in [4.78, 5) is 16.5. The standard InChI is InChI=1S/C25H27FN4O2/c1-13(2)23-21(15-4-6-16(7-5-15)25(31)32)22-20(11-17-12-27-29-24(17)28-22)30(23)18-8-9-19(26)14(3)10-18/h8-13,15-16H,4-7H2,1-3H3,(H,31,32)(H,27,28,29). The molecule has 2 N–H and O–H groups in total. The van der Waals surface area contributed by atoms with Gasteiger partial charge in [0.15, 0.2) is 5.65 Å². The number of aliphatic carboxylic acids is 1. The van der Waals surface area contributed by atoms with Crippen molar-refractivity contribution in [3.8, 4) is 5.69 Å². The number of rotatable bonds is 4. The first-order valence-electron chi connectivity index (χ1n) is 11.2. The Kier molecular flexibility index (Phi) is 4.99. The highest BCUT2D eigenvalue weighted by Crippen LogP contribution is 2.44. The number of halogens is 1. The van der Waals surface area contributed by atoms with Crippen LogP contribution in [-0.2, 0) is 4.79 Å². The summed E-state index contributed by atoms with van der Waals surface area (Å²) in [5.41, 5.74) is 6.50. The van der Waals surface area contributed by atoms with Crippen molar-refractivity contribution in [1.29, 1.82) is 0 Å². The fraction of sp³-hybridized carbons (Fsp3) is 0.400. The third-order valence-corrected chi connectivity index (χ3v) is 6.85. The average Bonchev–Trinajstić information content (AvgIpc) is 3.36. The minimum Gasteiger partial charge on any atom is -0.481 e. The molecule has 1 aliphatic carbocycles. The molecule has 5 rings (SSSR count). The first-order chi connectivity index (χ1) is 15.3. The monoisotopic (exact) mass is 434 g/mol. The maximum absolute atomic E-state index is 14.1. The molecule has 166 valence electrons. The SMILES string of the molecule is Cc1cc(-n2c(C(C)C)c(C3CCC(C(=O)O)CC3)c3nc4[nH]ncc4cc32)ccc1F. The van der Waals surface area contributed by atoms with Gasteiger partial charge in [0.2, 0.25) is 0 Å². The second-order valence-corrected chi connectivity index (χ2v) is 9.27. The Morgan fingerprint density at radius 2 is 1.97 bits per heavy atom. The molecular weight excluding hydrogens is 407 g/mol. The molecule has 0 unspecified atom stereocenters. The van der Waals surface area contributed by atoms with Crippen molar-refractivity contribution in [2.45, 2.75) is 58.3 Å². The number of hydrogen-bond donors (Lipinski definition) is 2. The molecule has 0 aliphatic heterocycles. The van der Waals surface area contributed by atoms with Crippen LogP contribution < -0.4 is 0 Å². The van der Waals surface area contributed by atoms with E-state index in [-0.39, 0.29) is 23.6 Å². The van der Waals surface area contributed by atoms with Crippen molar-refractivity contribution >= 4 is 28.0 Å². The molecule has 0 spiro atoms. The van der Waals surface area contributed by atoms with Crippen LogP contribution >= 0.6 is 0 Å². The predicted octanol–water partition coefficient (Wildman–Crippen LogP) is 5.83. The Morgan fingerprint density at radius 1 is 1.22 bits per heavy atom. The van der Waals surface area contributed by atoms with E-state index in [4.69, 9.17) is 4.98 Å². The number of H-pyrrole nitrogens is 1. The lowest BCUT2D eigenvalue weighted by Crippen LogP contribution is -2.21. The normalized spacial score (nSPS) is 19.3. The van der Waals surface area contributed by atoms with Gasteiger partial charge < -0.3 is 9.67 Å². The highest BCUT2D eigenvalue weighted by molar-refractivity contribution is 5.93. The highest BCUT2D eigenvalue weighted by atomic mass is 19.1. The van der Waals surface area contributed by atoms with Crippen LogP contribution in [0, 0.1) is 18.7 Å². The molecule has 0 radical (unpaired) electrons. The number of hydrogen-bond acceptors (Lipinski definition) is 3. The van der Waals surface area contributed by atoms with Gasteiger partial charge in [0.25, 0.3) is 0 Å². The number of carboxylic acid groups (broad SMARTS) is 1. The molecule has 1 aliphatic rings. The van der Waals surface area contributed by atoms with Gasteiger partial charge in [-0.15, -0.1) is 0 Å². The third kappa shape index (κ3) is 3.27. The number of aromatic nitrogens is 4. The van der Waals surface area contributed by atoms with Crippen LogP contribution in [0.5, 0.6) is 0 Å². The van der Waals surface area contributed by atoms with Crippen molar-refractivity contribution in [2.24, 2.45) is 5.92 Å². The molecule has 3 aromatic heterocycles. The zero-order valence-corrected chi connectivity index (χ0v) is 18.5. The van der Waals surface area contributed by atoms with E-state index in [2.05, 4.69) is 34.7 Å². The first kappa shape index (κ1) is 20.7. The second-order valence-electron chi connectivity index (χ2n) is 9.27. The fourth-order valence-corrected chi connectivity index (χ4v) is 5.26. The van der Waals surface area contributed by atoms with Gasteiger partial charge in [-0.1, -0.05) is 13.8 Å². The number of pyridine rings is 1. The maximum atomic E-state index is 14.1. The summed E-state index contributed by atoms with van der Waals surface area (Å²) in [6.45, 7) is 6.11. The first-order valence-corrected chi connectivity index (χ1v) is 11.2. The molecule has 0 amide bonds. The van der Waals surface area contributed by atoms with E-state index in [0.717, 1.165) is 46.3 Å². The summed E-state index contributed by atoms with van der Waals surface area (Å²) >= 11 is 0. The lowest BCUT2D eigenvalue weighted by Gasteiger charge is -2.28. The Labute approximate surface area is 185 Å². The van der Waals surface area contributed by atoms with Crippen molar-refractivity contribution in [2.75, 3.05) is 0 Å². The van der Waals surface area contributed by atoms with Gasteiger partial charge in [-0.3, -0.25) is 9.89 Å². The molecule has 0 bridgehead atoms. The van der Waals surface area contributed by atoms with Crippen LogP contribution in [0.15, 0.2) is 30.5 Å². The number of nitrogens with one attached hydrogen (secondary N) is 1. The third-order valence-electron chi connectivity index (χ3n) is 6.85. The topological polar surface area (TPSA) is 83.8 Å². The van der Waals surface area contributed by atoms with Crippen LogP contribution in [0.4, 0.5) is 4.39 Å². The van der Waals surface area contributed by atoms with Gasteiger partial charge >= 0.3 is 5.97 Å². The van der Waals surface area contributed by atoms with Crippen molar-refractivity contribution < 1.29 is 14.3 Å². The molecular formula is C25H27FN4O2. The Morgan fingerprint density at radius 3 is 2.62 bits per heavy atom. The number of carboxylic acids is 1. The van der Waals surface area contributed by atoms with E-state index in [9.17, 15) is 14.3 Å². The van der Waals surface area contributed by atoms with E-state index < -0.39 is 5.97 Å². The summed E-state index contributed by atoms with van der Waals surface area (Å²) < 4.78 is 16.3. The Hall–Kier alpha value is -3.22. The quantitative estimate of drug-likeness (QED) is 0.423. The number of benzene rings is 1. The lowest BCUT2D eigenvalue weighted by atomic mass is 9.77. The van der Waals surface area contributed by atoms with Crippen LogP contribution in [0.2, 0.25) is 0 Å². The van der Waals surface area contributed by atoms with Crippen LogP contribution in [0.25, 0.3) is 27.8 Å². The molecule has 1 aromatic carbocycles. The number of fused-ring (bicyclic) bond motifs is 2. The van der Waals surface area contributed by atoms with Crippen LogP contribution in [0.1, 0.15) is 68.2 Å². The van der Waals surface area contributed by atoms with Crippen LogP contribution in [0.3, 0.4) is 0 Å². The minimum absolute atomic E-state index is 0.207. The number of nitrogens with zero attached hydrogens (tertiary/aromatic N) is 3. The smallest absolute Gasteiger partial charge is 0.306 e. The molecule has 32 heavy (non-hydrogen) atoms. The summed E-state index contributed by atoms with van der Waals surface area (Å²) in [5, 5.41) is 17.5. The molecule has 0 saturated heterocycles. The predicted molar refractivity (Wildman–Crippen MR) is 122 cm³/mol. The molecule has 3 heterocycles. The molecule has 1 saturated carbocycles. The van der Waals surface area contributed by atoms with Crippen LogP contribution in [-0.4, -0.2) is 30.8 Å². The van der Waals surface area contributed by atoms with Gasteiger partial charge in [-0.2, -0.15) is 5.10 Å². The van der Waals surface area contributed by atoms with Gasteiger partial charge in [0.05, 0.1) is 23.1 Å². The van der Waals surface area contributed by atoms with Gasteiger partial charge in [0.1, 0.15) is 5.82 Å². The van der Waals surface area contributed by atoms with E-state index in [0.29, 0.717) is 18.4 Å². The fourth-order valence-electron chi connectivity index (χ4n) is 5.26. The zero-order chi connectivity index (χ0) is 22.6. The molecule has 7 heteroatoms. The Bertz CT molecular complexity index is 1330. The van der Waals surface area contributed by atoms with Crippen molar-refractivity contribution in [3.63, 3.8) is 0 Å².